The number of pyridine rings is 1. The standard InChI is InChI=1S/C19H33Cl2NOSi/c1-7-24(8-2,9-3)23-17(11-10-12-19(4,5)6)18-15(20)13-22-14-16(18)21/h13-14,17H,7-12H2,1-6H3. The van der Waals surface area contributed by atoms with Crippen LogP contribution in [0.4, 0.5) is 0 Å². The zero-order valence-electron chi connectivity index (χ0n) is 16.1. The van der Waals surface area contributed by atoms with Gasteiger partial charge in [0.25, 0.3) is 0 Å². The first-order valence-electron chi connectivity index (χ1n) is 9.14. The SMILES string of the molecule is CC[Si](CC)(CC)OC(CCCC(C)(C)C)c1c(Cl)cncc1Cl. The third kappa shape index (κ3) is 6.33. The van der Waals surface area contributed by atoms with Crippen LogP contribution in [0.3, 0.4) is 0 Å². The minimum absolute atomic E-state index is 0.0260. The average Bonchev–Trinajstić information content (AvgIpc) is 2.51. The van der Waals surface area contributed by atoms with Crippen molar-refractivity contribution in [3.63, 3.8) is 0 Å². The van der Waals surface area contributed by atoms with Gasteiger partial charge in [-0.05, 0) is 36.4 Å². The van der Waals surface area contributed by atoms with Crippen molar-refractivity contribution in [2.24, 2.45) is 5.41 Å². The number of aromatic nitrogens is 1. The van der Waals surface area contributed by atoms with Crippen LogP contribution in [0.2, 0.25) is 28.2 Å². The molecule has 2 nitrogen and oxygen atoms in total. The minimum Gasteiger partial charge on any atom is -0.410 e. The van der Waals surface area contributed by atoms with Gasteiger partial charge in [-0.2, -0.15) is 0 Å². The molecule has 0 aromatic carbocycles. The van der Waals surface area contributed by atoms with Gasteiger partial charge in [0, 0.05) is 18.0 Å². The zero-order valence-corrected chi connectivity index (χ0v) is 18.6. The summed E-state index contributed by atoms with van der Waals surface area (Å²) in [7, 11) is -1.74. The first kappa shape index (κ1) is 21.9. The summed E-state index contributed by atoms with van der Waals surface area (Å²) >= 11 is 12.9. The molecule has 5 heteroatoms. The van der Waals surface area contributed by atoms with Crippen molar-refractivity contribution < 1.29 is 4.43 Å². The monoisotopic (exact) mass is 389 g/mol. The molecule has 0 aliphatic heterocycles. The summed E-state index contributed by atoms with van der Waals surface area (Å²) in [5.41, 5.74) is 1.25. The maximum atomic E-state index is 6.79. The second-order valence-electron chi connectivity index (χ2n) is 7.82. The molecule has 0 N–H and O–H groups in total. The lowest BCUT2D eigenvalue weighted by Crippen LogP contribution is -2.37. The Labute approximate surface area is 159 Å². The lowest BCUT2D eigenvalue weighted by molar-refractivity contribution is 0.169. The van der Waals surface area contributed by atoms with Crippen LogP contribution in [0.15, 0.2) is 12.4 Å². The van der Waals surface area contributed by atoms with Gasteiger partial charge in [0.1, 0.15) is 0 Å². The number of rotatable bonds is 9. The highest BCUT2D eigenvalue weighted by Crippen LogP contribution is 2.39. The number of nitrogens with zero attached hydrogens (tertiary/aromatic N) is 1. The molecule has 0 bridgehead atoms. The lowest BCUT2D eigenvalue weighted by atomic mass is 9.88. The number of hydrogen-bond donors (Lipinski definition) is 0. The normalized spacial score (nSPS) is 14.0. The highest BCUT2D eigenvalue weighted by atomic mass is 35.5. The number of hydrogen-bond acceptors (Lipinski definition) is 2. The van der Waals surface area contributed by atoms with E-state index in [-0.39, 0.29) is 6.10 Å². The van der Waals surface area contributed by atoms with Crippen molar-refractivity contribution in [3.05, 3.63) is 28.0 Å². The predicted octanol–water partition coefficient (Wildman–Crippen LogP) is 7.67. The molecule has 1 unspecified atom stereocenters. The third-order valence-corrected chi connectivity index (χ3v) is 10.2. The largest absolute Gasteiger partial charge is 0.410 e. The number of halogens is 2. The van der Waals surface area contributed by atoms with E-state index >= 15 is 0 Å². The highest BCUT2D eigenvalue weighted by Gasteiger charge is 2.34. The molecule has 1 aromatic rings. The quantitative estimate of drug-likeness (QED) is 0.404. The molecule has 0 fully saturated rings. The van der Waals surface area contributed by atoms with E-state index in [2.05, 4.69) is 46.5 Å². The van der Waals surface area contributed by atoms with Crippen molar-refractivity contribution in [2.75, 3.05) is 0 Å². The fourth-order valence-corrected chi connectivity index (χ4v) is 6.56. The molecular weight excluding hydrogens is 357 g/mol. The Balaban J connectivity index is 3.07. The Kier molecular flexibility index (Phi) is 8.74. The van der Waals surface area contributed by atoms with Crippen molar-refractivity contribution in [2.45, 2.75) is 85.0 Å². The summed E-state index contributed by atoms with van der Waals surface area (Å²) < 4.78 is 6.79. The summed E-state index contributed by atoms with van der Waals surface area (Å²) in [4.78, 5) is 4.10. The highest BCUT2D eigenvalue weighted by molar-refractivity contribution is 6.73. The van der Waals surface area contributed by atoms with Gasteiger partial charge in [-0.1, -0.05) is 71.2 Å². The maximum Gasteiger partial charge on any atom is 0.192 e. The summed E-state index contributed by atoms with van der Waals surface area (Å²) in [5.74, 6) is 0. The molecule has 1 aromatic heterocycles. The van der Waals surface area contributed by atoms with E-state index in [4.69, 9.17) is 27.6 Å². The molecule has 1 heterocycles. The Hall–Kier alpha value is -0.0931. The average molecular weight is 390 g/mol. The Morgan fingerprint density at radius 1 is 1.04 bits per heavy atom. The van der Waals surface area contributed by atoms with Crippen LogP contribution in [-0.2, 0) is 4.43 Å². The zero-order chi connectivity index (χ0) is 18.4. The van der Waals surface area contributed by atoms with Crippen LogP contribution in [0.1, 0.15) is 72.5 Å². The first-order chi connectivity index (χ1) is 11.2. The summed E-state index contributed by atoms with van der Waals surface area (Å²) in [6.45, 7) is 13.6. The van der Waals surface area contributed by atoms with Gasteiger partial charge in [0.15, 0.2) is 8.32 Å². The van der Waals surface area contributed by atoms with Gasteiger partial charge in [-0.3, -0.25) is 4.98 Å². The second kappa shape index (κ2) is 9.56. The van der Waals surface area contributed by atoms with Gasteiger partial charge in [-0.15, -0.1) is 0 Å². The van der Waals surface area contributed by atoms with Crippen LogP contribution in [0.5, 0.6) is 0 Å². The molecular formula is C19H33Cl2NOSi. The molecule has 0 aliphatic carbocycles. The maximum absolute atomic E-state index is 6.79. The van der Waals surface area contributed by atoms with Crippen LogP contribution in [0, 0.1) is 5.41 Å². The van der Waals surface area contributed by atoms with Crippen molar-refractivity contribution >= 4 is 31.5 Å². The lowest BCUT2D eigenvalue weighted by Gasteiger charge is -2.34. The molecule has 1 atom stereocenters. The van der Waals surface area contributed by atoms with E-state index in [1.54, 1.807) is 12.4 Å². The Morgan fingerprint density at radius 3 is 1.96 bits per heavy atom. The molecule has 1 rings (SSSR count). The van der Waals surface area contributed by atoms with Gasteiger partial charge in [0.2, 0.25) is 0 Å². The molecule has 0 radical (unpaired) electrons. The van der Waals surface area contributed by atoms with Gasteiger partial charge >= 0.3 is 0 Å². The molecule has 0 spiro atoms. The van der Waals surface area contributed by atoms with E-state index in [0.717, 1.165) is 43.0 Å². The van der Waals surface area contributed by atoms with Crippen molar-refractivity contribution in [1.82, 2.24) is 4.98 Å². The third-order valence-electron chi connectivity index (χ3n) is 4.93. The van der Waals surface area contributed by atoms with Gasteiger partial charge < -0.3 is 4.43 Å². The second-order valence-corrected chi connectivity index (χ2v) is 13.4. The van der Waals surface area contributed by atoms with Gasteiger partial charge in [0.05, 0.1) is 16.1 Å². The molecule has 138 valence electrons. The van der Waals surface area contributed by atoms with Crippen LogP contribution in [-0.4, -0.2) is 13.3 Å². The van der Waals surface area contributed by atoms with Crippen molar-refractivity contribution in [3.8, 4) is 0 Å². The smallest absolute Gasteiger partial charge is 0.192 e. The molecule has 0 saturated heterocycles. The summed E-state index contributed by atoms with van der Waals surface area (Å²) in [6, 6.07) is 3.36. The van der Waals surface area contributed by atoms with E-state index in [1.165, 1.54) is 0 Å². The Bertz CT molecular complexity index is 484. The van der Waals surface area contributed by atoms with E-state index in [1.807, 2.05) is 0 Å². The summed E-state index contributed by atoms with van der Waals surface area (Å²) in [6.07, 6.45) is 6.54. The van der Waals surface area contributed by atoms with Crippen molar-refractivity contribution in [1.29, 1.82) is 0 Å². The van der Waals surface area contributed by atoms with Gasteiger partial charge in [-0.25, -0.2) is 0 Å². The fraction of sp³-hybridized carbons (Fsp3) is 0.737. The Morgan fingerprint density at radius 2 is 1.54 bits per heavy atom. The van der Waals surface area contributed by atoms with E-state index < -0.39 is 8.32 Å². The van der Waals surface area contributed by atoms with E-state index in [0.29, 0.717) is 15.5 Å². The topological polar surface area (TPSA) is 22.1 Å². The summed E-state index contributed by atoms with van der Waals surface area (Å²) in [5, 5.41) is 1.24. The molecule has 24 heavy (non-hydrogen) atoms. The predicted molar refractivity (Wildman–Crippen MR) is 109 cm³/mol. The van der Waals surface area contributed by atoms with Crippen LogP contribution >= 0.6 is 23.2 Å². The molecule has 0 aliphatic rings. The minimum atomic E-state index is -1.74. The fourth-order valence-electron chi connectivity index (χ4n) is 3.11. The van der Waals surface area contributed by atoms with E-state index in [9.17, 15) is 0 Å². The van der Waals surface area contributed by atoms with Crippen LogP contribution in [0.25, 0.3) is 0 Å². The molecule has 0 amide bonds. The van der Waals surface area contributed by atoms with Crippen LogP contribution < -0.4 is 0 Å². The molecule has 0 saturated carbocycles. The first-order valence-corrected chi connectivity index (χ1v) is 12.4.